The summed E-state index contributed by atoms with van der Waals surface area (Å²) in [4.78, 5) is 2.40. The summed E-state index contributed by atoms with van der Waals surface area (Å²) in [5, 5.41) is 3.57. The van der Waals surface area contributed by atoms with Crippen molar-refractivity contribution in [2.45, 2.75) is 64.5 Å². The Labute approximate surface area is 131 Å². The van der Waals surface area contributed by atoms with Gasteiger partial charge in [-0.05, 0) is 57.5 Å². The van der Waals surface area contributed by atoms with Gasteiger partial charge in [-0.1, -0.05) is 52.0 Å². The van der Waals surface area contributed by atoms with Crippen LogP contribution in [0.15, 0.2) is 24.3 Å². The molecule has 0 amide bonds. The maximum Gasteiger partial charge on any atom is 0.0354 e. The molecule has 1 aromatic carbocycles. The van der Waals surface area contributed by atoms with E-state index in [-0.39, 0.29) is 5.54 Å². The fourth-order valence-electron chi connectivity index (χ4n) is 3.52. The molecule has 0 aliphatic carbocycles. The molecule has 0 radical (unpaired) electrons. The average molecular weight is 290 g/mol. The summed E-state index contributed by atoms with van der Waals surface area (Å²) in [5.74, 6) is 0.603. The van der Waals surface area contributed by atoms with Crippen LogP contribution in [-0.4, -0.2) is 37.6 Å². The van der Waals surface area contributed by atoms with Crippen molar-refractivity contribution in [3.8, 4) is 0 Å². The number of rotatable bonds is 8. The zero-order valence-corrected chi connectivity index (χ0v) is 15.0. The van der Waals surface area contributed by atoms with Crippen LogP contribution in [0.4, 0.5) is 0 Å². The number of nitrogens with zero attached hydrogens (tertiary/aromatic N) is 1. The van der Waals surface area contributed by atoms with Crippen molar-refractivity contribution in [2.24, 2.45) is 0 Å². The molecule has 0 aliphatic rings. The van der Waals surface area contributed by atoms with Gasteiger partial charge in [-0.2, -0.15) is 0 Å². The van der Waals surface area contributed by atoms with Crippen LogP contribution in [0, 0.1) is 0 Å². The maximum atomic E-state index is 3.57. The third-order valence-corrected chi connectivity index (χ3v) is 5.20. The predicted octanol–water partition coefficient (Wildman–Crippen LogP) is 4.06. The molecule has 2 nitrogen and oxygen atoms in total. The first kappa shape index (κ1) is 18.2. The minimum absolute atomic E-state index is 0.214. The van der Waals surface area contributed by atoms with Crippen molar-refractivity contribution in [1.82, 2.24) is 10.2 Å². The molecule has 0 saturated heterocycles. The summed E-state index contributed by atoms with van der Waals surface area (Å²) in [6, 6.07) is 9.62. The zero-order chi connectivity index (χ0) is 16.0. The topological polar surface area (TPSA) is 15.3 Å². The van der Waals surface area contributed by atoms with Gasteiger partial charge in [0.1, 0.15) is 0 Å². The summed E-state index contributed by atoms with van der Waals surface area (Å²) in [7, 11) is 6.51. The van der Waals surface area contributed by atoms with Gasteiger partial charge in [0.05, 0.1) is 0 Å². The zero-order valence-electron chi connectivity index (χ0n) is 15.0. The summed E-state index contributed by atoms with van der Waals surface area (Å²) >= 11 is 0. The van der Waals surface area contributed by atoms with E-state index in [1.807, 2.05) is 0 Å². The van der Waals surface area contributed by atoms with E-state index in [4.69, 9.17) is 0 Å². The van der Waals surface area contributed by atoms with Crippen LogP contribution >= 0.6 is 0 Å². The number of hydrogen-bond acceptors (Lipinski definition) is 2. The van der Waals surface area contributed by atoms with Gasteiger partial charge >= 0.3 is 0 Å². The molecule has 0 bridgehead atoms. The van der Waals surface area contributed by atoms with E-state index >= 15 is 0 Å². The Morgan fingerprint density at radius 1 is 1.05 bits per heavy atom. The Morgan fingerprint density at radius 2 is 1.57 bits per heavy atom. The standard InChI is InChI=1S/C19H34N2/c1-8-19(9-2,21(6)7)18(20-5)14-16-10-12-17(13-11-16)15(3)4/h10-13,15,18,20H,8-9,14H2,1-7H3. The summed E-state index contributed by atoms with van der Waals surface area (Å²) in [6.07, 6.45) is 3.40. The minimum atomic E-state index is 0.214. The lowest BCUT2D eigenvalue weighted by Crippen LogP contribution is -2.58. The van der Waals surface area contributed by atoms with Gasteiger partial charge in [0, 0.05) is 11.6 Å². The highest BCUT2D eigenvalue weighted by atomic mass is 15.2. The first-order valence-electron chi connectivity index (χ1n) is 8.34. The highest BCUT2D eigenvalue weighted by molar-refractivity contribution is 5.26. The summed E-state index contributed by atoms with van der Waals surface area (Å²) in [5.41, 5.74) is 3.06. The SMILES string of the molecule is CCC(CC)(C(Cc1ccc(C(C)C)cc1)NC)N(C)C. The van der Waals surface area contributed by atoms with Gasteiger partial charge in [0.15, 0.2) is 0 Å². The van der Waals surface area contributed by atoms with Crippen LogP contribution in [0.25, 0.3) is 0 Å². The monoisotopic (exact) mass is 290 g/mol. The van der Waals surface area contributed by atoms with Crippen molar-refractivity contribution < 1.29 is 0 Å². The van der Waals surface area contributed by atoms with E-state index in [2.05, 4.69) is 83.3 Å². The number of benzene rings is 1. The van der Waals surface area contributed by atoms with Gasteiger partial charge in [0.25, 0.3) is 0 Å². The highest BCUT2D eigenvalue weighted by Crippen LogP contribution is 2.28. The van der Waals surface area contributed by atoms with Crippen molar-refractivity contribution in [1.29, 1.82) is 0 Å². The van der Waals surface area contributed by atoms with E-state index in [0.717, 1.165) is 19.3 Å². The van der Waals surface area contributed by atoms with Gasteiger partial charge in [0.2, 0.25) is 0 Å². The molecule has 0 aliphatic heterocycles. The Hall–Kier alpha value is -0.860. The molecule has 0 saturated carbocycles. The summed E-state index contributed by atoms with van der Waals surface area (Å²) in [6.45, 7) is 9.10. The van der Waals surface area contributed by atoms with Crippen LogP contribution in [-0.2, 0) is 6.42 Å². The van der Waals surface area contributed by atoms with E-state index in [9.17, 15) is 0 Å². The molecule has 21 heavy (non-hydrogen) atoms. The largest absolute Gasteiger partial charge is 0.315 e. The molecule has 1 N–H and O–H groups in total. The number of nitrogens with one attached hydrogen (secondary N) is 1. The molecule has 1 aromatic rings. The molecule has 1 rings (SSSR count). The summed E-state index contributed by atoms with van der Waals surface area (Å²) < 4.78 is 0. The third-order valence-electron chi connectivity index (χ3n) is 5.20. The van der Waals surface area contributed by atoms with Crippen LogP contribution in [0.1, 0.15) is 57.6 Å². The predicted molar refractivity (Wildman–Crippen MR) is 94.1 cm³/mol. The highest BCUT2D eigenvalue weighted by Gasteiger charge is 2.36. The molecular formula is C19H34N2. The molecule has 0 spiro atoms. The van der Waals surface area contributed by atoms with Crippen LogP contribution in [0.5, 0.6) is 0 Å². The quantitative estimate of drug-likeness (QED) is 0.776. The first-order chi connectivity index (χ1) is 9.91. The molecule has 1 atom stereocenters. The smallest absolute Gasteiger partial charge is 0.0354 e. The molecule has 1 unspecified atom stereocenters. The van der Waals surface area contributed by atoms with Crippen molar-refractivity contribution in [3.63, 3.8) is 0 Å². The van der Waals surface area contributed by atoms with Gasteiger partial charge in [-0.3, -0.25) is 0 Å². The van der Waals surface area contributed by atoms with E-state index in [1.165, 1.54) is 11.1 Å². The lowest BCUT2D eigenvalue weighted by Gasteiger charge is -2.45. The normalized spacial score (nSPS) is 14.0. The molecule has 0 aromatic heterocycles. The second-order valence-electron chi connectivity index (χ2n) is 6.65. The molecule has 2 heteroatoms. The van der Waals surface area contributed by atoms with Crippen LogP contribution < -0.4 is 5.32 Å². The first-order valence-corrected chi connectivity index (χ1v) is 8.34. The van der Waals surface area contributed by atoms with Crippen molar-refractivity contribution >= 4 is 0 Å². The fraction of sp³-hybridized carbons (Fsp3) is 0.684. The second kappa shape index (κ2) is 7.95. The lowest BCUT2D eigenvalue weighted by molar-refractivity contribution is 0.0917. The van der Waals surface area contributed by atoms with Crippen molar-refractivity contribution in [2.75, 3.05) is 21.1 Å². The Bertz CT molecular complexity index is 402. The van der Waals surface area contributed by atoms with Gasteiger partial charge in [-0.25, -0.2) is 0 Å². The Morgan fingerprint density at radius 3 is 1.90 bits per heavy atom. The molecular weight excluding hydrogens is 256 g/mol. The van der Waals surface area contributed by atoms with E-state index < -0.39 is 0 Å². The van der Waals surface area contributed by atoms with E-state index in [0.29, 0.717) is 12.0 Å². The molecule has 0 fully saturated rings. The average Bonchev–Trinajstić information content (AvgIpc) is 2.47. The van der Waals surface area contributed by atoms with E-state index in [1.54, 1.807) is 0 Å². The Balaban J connectivity index is 2.95. The minimum Gasteiger partial charge on any atom is -0.315 e. The number of hydrogen-bond donors (Lipinski definition) is 1. The van der Waals surface area contributed by atoms with Crippen molar-refractivity contribution in [3.05, 3.63) is 35.4 Å². The van der Waals surface area contributed by atoms with Crippen LogP contribution in [0.3, 0.4) is 0 Å². The fourth-order valence-corrected chi connectivity index (χ4v) is 3.52. The third kappa shape index (κ3) is 4.08. The van der Waals surface area contributed by atoms with Gasteiger partial charge < -0.3 is 10.2 Å². The lowest BCUT2D eigenvalue weighted by atomic mass is 9.80. The maximum absolute atomic E-state index is 3.57. The molecule has 120 valence electrons. The van der Waals surface area contributed by atoms with Gasteiger partial charge in [-0.15, -0.1) is 0 Å². The molecule has 0 heterocycles. The second-order valence-corrected chi connectivity index (χ2v) is 6.65. The van der Waals surface area contributed by atoms with Crippen LogP contribution in [0.2, 0.25) is 0 Å². The number of likely N-dealkylation sites (N-methyl/N-ethyl adjacent to an activating group) is 2. The Kier molecular flexibility index (Phi) is 6.89.